The molecule has 4 nitrogen and oxygen atoms in total. The Morgan fingerprint density at radius 2 is 1.81 bits per heavy atom. The van der Waals surface area contributed by atoms with Crippen molar-refractivity contribution in [3.8, 4) is 0 Å². The summed E-state index contributed by atoms with van der Waals surface area (Å²) in [5.74, 6) is 0.0743. The van der Waals surface area contributed by atoms with Gasteiger partial charge in [0.05, 0.1) is 18.6 Å². The number of hydrogen-bond acceptors (Lipinski definition) is 3. The van der Waals surface area contributed by atoms with Crippen molar-refractivity contribution < 1.29 is 9.53 Å². The molecule has 21 heavy (non-hydrogen) atoms. The fourth-order valence-corrected chi connectivity index (χ4v) is 2.92. The number of carbonyl (C=O) groups is 1. The van der Waals surface area contributed by atoms with Crippen molar-refractivity contribution in [2.75, 3.05) is 11.9 Å². The molecule has 0 radical (unpaired) electrons. The molecule has 0 aromatic heterocycles. The van der Waals surface area contributed by atoms with Gasteiger partial charge in [-0.3, -0.25) is 4.79 Å². The molecule has 1 heterocycles. The van der Waals surface area contributed by atoms with Crippen molar-refractivity contribution >= 4 is 11.6 Å². The number of hydrogen-bond donors (Lipinski definition) is 2. The maximum Gasteiger partial charge on any atom is 0.224 e. The molecule has 0 bridgehead atoms. The molecule has 2 rings (SSSR count). The Hall–Kier alpha value is -1.55. The van der Waals surface area contributed by atoms with Crippen LogP contribution in [0.3, 0.4) is 0 Å². The first-order valence-electron chi connectivity index (χ1n) is 7.84. The Morgan fingerprint density at radius 1 is 1.19 bits per heavy atom. The van der Waals surface area contributed by atoms with E-state index < -0.39 is 0 Å². The fraction of sp³-hybridized carbons (Fsp3) is 0.588. The van der Waals surface area contributed by atoms with E-state index in [1.54, 1.807) is 0 Å². The van der Waals surface area contributed by atoms with E-state index >= 15 is 0 Å². The number of anilines is 1. The average molecular weight is 290 g/mol. The number of nitrogens with one attached hydrogen (secondary N) is 2. The first kappa shape index (κ1) is 15.8. The van der Waals surface area contributed by atoms with Gasteiger partial charge in [0.2, 0.25) is 5.91 Å². The van der Waals surface area contributed by atoms with Crippen LogP contribution in [-0.4, -0.2) is 30.7 Å². The van der Waals surface area contributed by atoms with Gasteiger partial charge >= 0.3 is 0 Å². The van der Waals surface area contributed by atoms with Crippen molar-refractivity contribution in [2.45, 2.75) is 58.3 Å². The first-order chi connectivity index (χ1) is 10.1. The minimum atomic E-state index is 0.0743. The van der Waals surface area contributed by atoms with E-state index in [2.05, 4.69) is 36.6 Å². The number of rotatable bonds is 5. The molecule has 1 amide bonds. The largest absolute Gasteiger partial charge is 0.382 e. The van der Waals surface area contributed by atoms with Gasteiger partial charge in [-0.25, -0.2) is 0 Å². The molecule has 0 spiro atoms. The summed E-state index contributed by atoms with van der Waals surface area (Å²) in [4.78, 5) is 11.5. The molecule has 0 aliphatic carbocycles. The van der Waals surface area contributed by atoms with Gasteiger partial charge in [-0.05, 0) is 51.3 Å². The second kappa shape index (κ2) is 7.46. The summed E-state index contributed by atoms with van der Waals surface area (Å²) < 4.78 is 5.76. The smallest absolute Gasteiger partial charge is 0.224 e. The number of likely N-dealkylation sites (N-methyl/N-ethyl adjacent to an activating group) is 1. The SMILES string of the molecule is CCNC(=O)Cc1ccc(NC2CC(C)OC(C)C2)cc1. The van der Waals surface area contributed by atoms with Crippen molar-refractivity contribution in [2.24, 2.45) is 0 Å². The van der Waals surface area contributed by atoms with Crippen LogP contribution in [0.5, 0.6) is 0 Å². The van der Waals surface area contributed by atoms with Crippen molar-refractivity contribution in [1.82, 2.24) is 5.32 Å². The molecule has 2 N–H and O–H groups in total. The monoisotopic (exact) mass is 290 g/mol. The van der Waals surface area contributed by atoms with Gasteiger partial charge in [-0.1, -0.05) is 12.1 Å². The van der Waals surface area contributed by atoms with Crippen LogP contribution in [0.15, 0.2) is 24.3 Å². The van der Waals surface area contributed by atoms with Gasteiger partial charge in [0.1, 0.15) is 0 Å². The molecule has 1 aliphatic heterocycles. The Morgan fingerprint density at radius 3 is 2.38 bits per heavy atom. The van der Waals surface area contributed by atoms with Crippen LogP contribution in [0.2, 0.25) is 0 Å². The fourth-order valence-electron chi connectivity index (χ4n) is 2.92. The minimum Gasteiger partial charge on any atom is -0.382 e. The standard InChI is InChI=1S/C17H26N2O2/c1-4-18-17(20)11-14-5-7-15(8-6-14)19-16-9-12(2)21-13(3)10-16/h5-8,12-13,16,19H,4,9-11H2,1-3H3,(H,18,20). The van der Waals surface area contributed by atoms with E-state index in [0.717, 1.165) is 24.1 Å². The molecule has 1 saturated heterocycles. The zero-order valence-electron chi connectivity index (χ0n) is 13.2. The minimum absolute atomic E-state index is 0.0743. The van der Waals surface area contributed by atoms with E-state index in [1.165, 1.54) is 0 Å². The summed E-state index contributed by atoms with van der Waals surface area (Å²) in [6.07, 6.45) is 3.13. The number of carbonyl (C=O) groups excluding carboxylic acids is 1. The Labute approximate surface area is 127 Å². The molecule has 1 aromatic rings. The van der Waals surface area contributed by atoms with Crippen LogP contribution < -0.4 is 10.6 Å². The highest BCUT2D eigenvalue weighted by molar-refractivity contribution is 5.78. The predicted octanol–water partition coefficient (Wildman–Crippen LogP) is 2.73. The summed E-state index contributed by atoms with van der Waals surface area (Å²) in [6.45, 7) is 6.86. The highest BCUT2D eigenvalue weighted by atomic mass is 16.5. The molecule has 1 aliphatic rings. The van der Waals surface area contributed by atoms with Gasteiger partial charge in [0.25, 0.3) is 0 Å². The van der Waals surface area contributed by atoms with Crippen molar-refractivity contribution in [3.05, 3.63) is 29.8 Å². The lowest BCUT2D eigenvalue weighted by atomic mass is 9.99. The van der Waals surface area contributed by atoms with Gasteiger partial charge in [0, 0.05) is 18.3 Å². The molecule has 2 unspecified atom stereocenters. The molecule has 1 aromatic carbocycles. The van der Waals surface area contributed by atoms with Gasteiger partial charge in [-0.2, -0.15) is 0 Å². The molecule has 2 atom stereocenters. The zero-order chi connectivity index (χ0) is 15.2. The number of benzene rings is 1. The molecular weight excluding hydrogens is 264 g/mol. The summed E-state index contributed by atoms with van der Waals surface area (Å²) in [5, 5.41) is 6.38. The van der Waals surface area contributed by atoms with Gasteiger partial charge in [0.15, 0.2) is 0 Å². The van der Waals surface area contributed by atoms with Crippen LogP contribution in [0.25, 0.3) is 0 Å². The average Bonchev–Trinajstić information content (AvgIpc) is 2.40. The van der Waals surface area contributed by atoms with Crippen LogP contribution in [0, 0.1) is 0 Å². The lowest BCUT2D eigenvalue weighted by Crippen LogP contribution is -2.36. The van der Waals surface area contributed by atoms with E-state index in [0.29, 0.717) is 31.2 Å². The molecule has 0 saturated carbocycles. The quantitative estimate of drug-likeness (QED) is 0.876. The van der Waals surface area contributed by atoms with Gasteiger partial charge in [-0.15, -0.1) is 0 Å². The maximum absolute atomic E-state index is 11.5. The third-order valence-corrected chi connectivity index (χ3v) is 3.76. The zero-order valence-corrected chi connectivity index (χ0v) is 13.2. The summed E-state index contributed by atoms with van der Waals surface area (Å²) in [6, 6.07) is 8.60. The summed E-state index contributed by atoms with van der Waals surface area (Å²) >= 11 is 0. The highest BCUT2D eigenvalue weighted by Gasteiger charge is 2.24. The first-order valence-corrected chi connectivity index (χ1v) is 7.84. The molecular formula is C17H26N2O2. The van der Waals surface area contributed by atoms with Crippen LogP contribution >= 0.6 is 0 Å². The second-order valence-corrected chi connectivity index (χ2v) is 5.90. The topological polar surface area (TPSA) is 50.4 Å². The Bertz CT molecular complexity index is 448. The lowest BCUT2D eigenvalue weighted by Gasteiger charge is -2.33. The highest BCUT2D eigenvalue weighted by Crippen LogP contribution is 2.22. The van der Waals surface area contributed by atoms with Crippen LogP contribution in [-0.2, 0) is 16.0 Å². The predicted molar refractivity (Wildman–Crippen MR) is 85.5 cm³/mol. The van der Waals surface area contributed by atoms with E-state index in [9.17, 15) is 4.79 Å². The maximum atomic E-state index is 11.5. The number of ether oxygens (including phenoxy) is 1. The molecule has 116 valence electrons. The van der Waals surface area contributed by atoms with Crippen molar-refractivity contribution in [1.29, 1.82) is 0 Å². The Kier molecular flexibility index (Phi) is 5.62. The third-order valence-electron chi connectivity index (χ3n) is 3.76. The van der Waals surface area contributed by atoms with Gasteiger partial charge < -0.3 is 15.4 Å². The van der Waals surface area contributed by atoms with E-state index in [-0.39, 0.29) is 5.91 Å². The second-order valence-electron chi connectivity index (χ2n) is 5.90. The molecule has 1 fully saturated rings. The summed E-state index contributed by atoms with van der Waals surface area (Å²) in [5.41, 5.74) is 2.15. The molecule has 4 heteroatoms. The summed E-state index contributed by atoms with van der Waals surface area (Å²) in [7, 11) is 0. The lowest BCUT2D eigenvalue weighted by molar-refractivity contribution is -0.120. The van der Waals surface area contributed by atoms with Crippen LogP contribution in [0.4, 0.5) is 5.69 Å². The number of amides is 1. The normalized spacial score (nSPS) is 25.4. The van der Waals surface area contributed by atoms with E-state index in [1.807, 2.05) is 19.1 Å². The Balaban J connectivity index is 1.88. The van der Waals surface area contributed by atoms with Crippen LogP contribution in [0.1, 0.15) is 39.2 Å². The van der Waals surface area contributed by atoms with E-state index in [4.69, 9.17) is 4.74 Å². The third kappa shape index (κ3) is 5.05. The van der Waals surface area contributed by atoms with Crippen molar-refractivity contribution in [3.63, 3.8) is 0 Å².